The monoisotopic (exact) mass is 439 g/mol. The first-order chi connectivity index (χ1) is 10.8. The first kappa shape index (κ1) is 21.0. The first-order valence-electron chi connectivity index (χ1n) is 8.98. The minimum atomic E-state index is 0. The van der Waals surface area contributed by atoms with Gasteiger partial charge in [-0.1, -0.05) is 12.8 Å². The van der Waals surface area contributed by atoms with E-state index in [1.165, 1.54) is 32.1 Å². The molecule has 1 aliphatic carbocycles. The Balaban J connectivity index is 0.00000264. The molecule has 2 fully saturated rings. The van der Waals surface area contributed by atoms with E-state index >= 15 is 0 Å². The third-order valence-electron chi connectivity index (χ3n) is 4.47. The van der Waals surface area contributed by atoms with Crippen LogP contribution in [0.4, 0.5) is 0 Å². The number of rotatable bonds is 8. The van der Waals surface area contributed by atoms with Crippen LogP contribution in [0.15, 0.2) is 4.99 Å². The molecule has 2 aliphatic rings. The van der Waals surface area contributed by atoms with Crippen molar-refractivity contribution in [3.8, 4) is 0 Å². The molecule has 1 saturated heterocycles. The summed E-state index contributed by atoms with van der Waals surface area (Å²) in [6, 6.07) is 0. The Hall–Kier alpha value is -0.0800. The van der Waals surface area contributed by atoms with E-state index < -0.39 is 0 Å². The summed E-state index contributed by atoms with van der Waals surface area (Å²) in [4.78, 5) is 6.97. The Morgan fingerprint density at radius 1 is 1.30 bits per heavy atom. The highest BCUT2D eigenvalue weighted by atomic mass is 127. The second-order valence-electron chi connectivity index (χ2n) is 6.48. The van der Waals surface area contributed by atoms with Crippen molar-refractivity contribution in [2.75, 3.05) is 46.5 Å². The smallest absolute Gasteiger partial charge is 0.193 e. The van der Waals surface area contributed by atoms with Crippen LogP contribution in [0.1, 0.15) is 45.4 Å². The number of hydrogen-bond acceptors (Lipinski definition) is 3. The number of nitrogens with zero attached hydrogens (tertiary/aromatic N) is 2. The third-order valence-corrected chi connectivity index (χ3v) is 4.47. The summed E-state index contributed by atoms with van der Waals surface area (Å²) in [5.74, 6) is 1.65. The Labute approximate surface area is 158 Å². The maximum atomic E-state index is 5.89. The zero-order valence-electron chi connectivity index (χ0n) is 14.8. The van der Waals surface area contributed by atoms with Crippen molar-refractivity contribution in [2.45, 2.75) is 51.6 Å². The lowest BCUT2D eigenvalue weighted by atomic mass is 10.1. The van der Waals surface area contributed by atoms with Crippen molar-refractivity contribution >= 4 is 29.9 Å². The molecule has 2 rings (SSSR count). The molecule has 0 aromatic carbocycles. The molecule has 0 spiro atoms. The van der Waals surface area contributed by atoms with Crippen LogP contribution in [0.2, 0.25) is 0 Å². The van der Waals surface area contributed by atoms with Gasteiger partial charge in [0.25, 0.3) is 0 Å². The van der Waals surface area contributed by atoms with Crippen molar-refractivity contribution in [3.63, 3.8) is 0 Å². The molecule has 23 heavy (non-hydrogen) atoms. The molecule has 0 aromatic heterocycles. The molecule has 0 bridgehead atoms. The normalized spacial score (nSPS) is 22.2. The van der Waals surface area contributed by atoms with Crippen molar-refractivity contribution in [1.29, 1.82) is 0 Å². The zero-order chi connectivity index (χ0) is 15.6. The Morgan fingerprint density at radius 3 is 2.74 bits per heavy atom. The third kappa shape index (κ3) is 8.03. The molecular weight excluding hydrogens is 405 g/mol. The van der Waals surface area contributed by atoms with Crippen molar-refractivity contribution < 1.29 is 9.47 Å². The average molecular weight is 439 g/mol. The Morgan fingerprint density at radius 2 is 2.09 bits per heavy atom. The van der Waals surface area contributed by atoms with Crippen LogP contribution in [-0.2, 0) is 9.47 Å². The van der Waals surface area contributed by atoms with E-state index in [0.717, 1.165) is 51.8 Å². The van der Waals surface area contributed by atoms with E-state index in [1.54, 1.807) is 0 Å². The van der Waals surface area contributed by atoms with Gasteiger partial charge in [0, 0.05) is 45.8 Å². The number of halogens is 1. The van der Waals surface area contributed by atoms with E-state index in [4.69, 9.17) is 14.5 Å². The van der Waals surface area contributed by atoms with Gasteiger partial charge >= 0.3 is 0 Å². The van der Waals surface area contributed by atoms with Crippen molar-refractivity contribution in [2.24, 2.45) is 10.9 Å². The van der Waals surface area contributed by atoms with Gasteiger partial charge in [0.2, 0.25) is 0 Å². The molecule has 1 saturated carbocycles. The topological polar surface area (TPSA) is 46.1 Å². The fourth-order valence-corrected chi connectivity index (χ4v) is 3.23. The number of guanidine groups is 1. The summed E-state index contributed by atoms with van der Waals surface area (Å²) >= 11 is 0. The van der Waals surface area contributed by atoms with Gasteiger partial charge in [-0.3, -0.25) is 4.99 Å². The Bertz CT molecular complexity index is 330. The quantitative estimate of drug-likeness (QED) is 0.274. The SMILES string of the molecule is CCNC(=NCCCOC1CCCC1)N(C)CC1CCOC1.I. The number of nitrogens with one attached hydrogen (secondary N) is 1. The van der Waals surface area contributed by atoms with Crippen LogP contribution in [-0.4, -0.2) is 63.5 Å². The first-order valence-corrected chi connectivity index (χ1v) is 8.98. The molecule has 1 N–H and O–H groups in total. The number of aliphatic imine (C=N–C) groups is 1. The number of ether oxygens (including phenoxy) is 2. The summed E-state index contributed by atoms with van der Waals surface area (Å²) in [5, 5.41) is 3.38. The van der Waals surface area contributed by atoms with Gasteiger partial charge in [-0.2, -0.15) is 0 Å². The van der Waals surface area contributed by atoms with Crippen LogP contribution in [0, 0.1) is 5.92 Å². The molecular formula is C17H34IN3O2. The number of hydrogen-bond donors (Lipinski definition) is 1. The molecule has 6 heteroatoms. The lowest BCUT2D eigenvalue weighted by Gasteiger charge is -2.24. The molecule has 0 amide bonds. The Kier molecular flexibility index (Phi) is 11.2. The van der Waals surface area contributed by atoms with Gasteiger partial charge in [-0.05, 0) is 32.6 Å². The van der Waals surface area contributed by atoms with E-state index in [1.807, 2.05) is 0 Å². The molecule has 1 unspecified atom stereocenters. The van der Waals surface area contributed by atoms with Gasteiger partial charge in [-0.15, -0.1) is 24.0 Å². The van der Waals surface area contributed by atoms with Gasteiger partial charge in [0.15, 0.2) is 5.96 Å². The molecule has 0 aromatic rings. The minimum Gasteiger partial charge on any atom is -0.381 e. The molecule has 1 atom stereocenters. The van der Waals surface area contributed by atoms with E-state index in [2.05, 4.69) is 24.2 Å². The minimum absolute atomic E-state index is 0. The molecule has 5 nitrogen and oxygen atoms in total. The molecule has 1 heterocycles. The highest BCUT2D eigenvalue weighted by Gasteiger charge is 2.19. The van der Waals surface area contributed by atoms with E-state index in [0.29, 0.717) is 12.0 Å². The van der Waals surface area contributed by atoms with Crippen LogP contribution in [0.5, 0.6) is 0 Å². The predicted octanol–water partition coefficient (Wildman–Crippen LogP) is 2.89. The zero-order valence-corrected chi connectivity index (χ0v) is 17.1. The van der Waals surface area contributed by atoms with Gasteiger partial charge in [0.1, 0.15) is 0 Å². The van der Waals surface area contributed by atoms with Gasteiger partial charge in [0.05, 0.1) is 12.7 Å². The highest BCUT2D eigenvalue weighted by molar-refractivity contribution is 14.0. The van der Waals surface area contributed by atoms with Crippen LogP contribution < -0.4 is 5.32 Å². The maximum Gasteiger partial charge on any atom is 0.193 e. The predicted molar refractivity (Wildman–Crippen MR) is 106 cm³/mol. The fraction of sp³-hybridized carbons (Fsp3) is 0.941. The van der Waals surface area contributed by atoms with Gasteiger partial charge in [-0.25, -0.2) is 0 Å². The maximum absolute atomic E-state index is 5.89. The summed E-state index contributed by atoms with van der Waals surface area (Å²) in [6.45, 7) is 7.51. The standard InChI is InChI=1S/C17H33N3O2.HI/c1-3-18-17(20(2)13-15-9-12-21-14-15)19-10-6-11-22-16-7-4-5-8-16;/h15-16H,3-14H2,1-2H3,(H,18,19);1H. The average Bonchev–Trinajstić information content (AvgIpc) is 3.19. The van der Waals surface area contributed by atoms with E-state index in [9.17, 15) is 0 Å². The summed E-state index contributed by atoms with van der Waals surface area (Å²) in [7, 11) is 2.12. The second kappa shape index (κ2) is 12.3. The fourth-order valence-electron chi connectivity index (χ4n) is 3.23. The highest BCUT2D eigenvalue weighted by Crippen LogP contribution is 2.20. The second-order valence-corrected chi connectivity index (χ2v) is 6.48. The molecule has 136 valence electrons. The van der Waals surface area contributed by atoms with Crippen LogP contribution in [0.25, 0.3) is 0 Å². The van der Waals surface area contributed by atoms with Crippen molar-refractivity contribution in [3.05, 3.63) is 0 Å². The lowest BCUT2D eigenvalue weighted by molar-refractivity contribution is 0.0579. The van der Waals surface area contributed by atoms with Crippen molar-refractivity contribution in [1.82, 2.24) is 10.2 Å². The van der Waals surface area contributed by atoms with Gasteiger partial charge < -0.3 is 19.7 Å². The molecule has 1 aliphatic heterocycles. The summed E-state index contributed by atoms with van der Waals surface area (Å²) in [6.07, 6.45) is 7.86. The van der Waals surface area contributed by atoms with Crippen LogP contribution in [0.3, 0.4) is 0 Å². The van der Waals surface area contributed by atoms with Crippen LogP contribution >= 0.6 is 24.0 Å². The van der Waals surface area contributed by atoms with E-state index in [-0.39, 0.29) is 24.0 Å². The largest absolute Gasteiger partial charge is 0.381 e. The summed E-state index contributed by atoms with van der Waals surface area (Å²) in [5.41, 5.74) is 0. The molecule has 0 radical (unpaired) electrons. The summed E-state index contributed by atoms with van der Waals surface area (Å²) < 4.78 is 11.3. The lowest BCUT2D eigenvalue weighted by Crippen LogP contribution is -2.41.